The van der Waals surface area contributed by atoms with Crippen molar-refractivity contribution in [1.29, 1.82) is 0 Å². The summed E-state index contributed by atoms with van der Waals surface area (Å²) < 4.78 is 26.1. The van der Waals surface area contributed by atoms with Gasteiger partial charge in [-0.3, -0.25) is 0 Å². The number of thiazole rings is 1. The number of urea groups is 1. The molecular weight excluding hydrogens is 308 g/mol. The average molecular weight is 325 g/mol. The van der Waals surface area contributed by atoms with Crippen LogP contribution in [0.15, 0.2) is 29.8 Å². The van der Waals surface area contributed by atoms with Crippen LogP contribution < -0.4 is 10.6 Å². The van der Waals surface area contributed by atoms with Gasteiger partial charge in [-0.1, -0.05) is 13.0 Å². The van der Waals surface area contributed by atoms with Gasteiger partial charge in [0.1, 0.15) is 0 Å². The first-order chi connectivity index (χ1) is 10.5. The Kier molecular flexibility index (Phi) is 5.43. The Morgan fingerprint density at radius 1 is 1.32 bits per heavy atom. The van der Waals surface area contributed by atoms with Gasteiger partial charge in [-0.05, 0) is 24.6 Å². The van der Waals surface area contributed by atoms with E-state index in [2.05, 4.69) is 15.6 Å². The molecule has 2 rings (SSSR count). The first-order valence-corrected chi connectivity index (χ1v) is 7.74. The maximum atomic E-state index is 13.2. The van der Waals surface area contributed by atoms with E-state index in [1.807, 2.05) is 12.3 Å². The van der Waals surface area contributed by atoms with Gasteiger partial charge in [0.05, 0.1) is 11.0 Å². The molecule has 7 heteroatoms. The molecule has 0 aliphatic carbocycles. The zero-order chi connectivity index (χ0) is 16.1. The molecule has 0 saturated heterocycles. The van der Waals surface area contributed by atoms with E-state index in [-0.39, 0.29) is 11.9 Å². The first-order valence-electron chi connectivity index (χ1n) is 6.86. The molecule has 2 atom stereocenters. The molecule has 2 amide bonds. The summed E-state index contributed by atoms with van der Waals surface area (Å²) in [6.07, 6.45) is 1.72. The van der Waals surface area contributed by atoms with Crippen LogP contribution in [0.5, 0.6) is 0 Å². The molecule has 118 valence electrons. The summed E-state index contributed by atoms with van der Waals surface area (Å²) >= 11 is 1.54. The second-order valence-corrected chi connectivity index (χ2v) is 5.95. The van der Waals surface area contributed by atoms with Gasteiger partial charge in [0.2, 0.25) is 0 Å². The van der Waals surface area contributed by atoms with Crippen molar-refractivity contribution >= 4 is 17.4 Å². The Hall–Kier alpha value is -2.02. The van der Waals surface area contributed by atoms with Crippen molar-refractivity contribution < 1.29 is 13.6 Å². The van der Waals surface area contributed by atoms with E-state index in [9.17, 15) is 13.6 Å². The highest BCUT2D eigenvalue weighted by Crippen LogP contribution is 2.17. The Labute approximate surface area is 131 Å². The number of rotatable bonds is 5. The molecule has 0 aliphatic heterocycles. The molecule has 0 bridgehead atoms. The zero-order valence-corrected chi connectivity index (χ0v) is 13.1. The van der Waals surface area contributed by atoms with Crippen molar-refractivity contribution in [3.8, 4) is 0 Å². The number of aromatic nitrogens is 1. The lowest BCUT2D eigenvalue weighted by Gasteiger charge is -2.16. The molecule has 22 heavy (non-hydrogen) atoms. The molecule has 0 radical (unpaired) electrons. The molecule has 2 aromatic rings. The van der Waals surface area contributed by atoms with Crippen LogP contribution in [0.3, 0.4) is 0 Å². The minimum Gasteiger partial charge on any atom is -0.337 e. The second kappa shape index (κ2) is 7.31. The molecule has 2 N–H and O–H groups in total. The fourth-order valence-electron chi connectivity index (χ4n) is 1.92. The molecule has 0 spiro atoms. The van der Waals surface area contributed by atoms with E-state index >= 15 is 0 Å². The lowest BCUT2D eigenvalue weighted by molar-refractivity contribution is 0.237. The molecular formula is C15H17F2N3OS. The lowest BCUT2D eigenvalue weighted by Crippen LogP contribution is -2.38. The molecule has 0 unspecified atom stereocenters. The van der Waals surface area contributed by atoms with Crippen LogP contribution in [0, 0.1) is 11.6 Å². The Bertz CT molecular complexity index is 634. The topological polar surface area (TPSA) is 54.0 Å². The molecule has 1 heterocycles. The van der Waals surface area contributed by atoms with Gasteiger partial charge in [0.15, 0.2) is 11.6 Å². The third-order valence-electron chi connectivity index (χ3n) is 3.23. The maximum Gasteiger partial charge on any atom is 0.315 e. The van der Waals surface area contributed by atoms with Crippen LogP contribution >= 0.6 is 11.3 Å². The normalized spacial score (nSPS) is 13.5. The number of benzene rings is 1. The lowest BCUT2D eigenvalue weighted by atomic mass is 10.1. The van der Waals surface area contributed by atoms with E-state index in [0.717, 1.165) is 17.1 Å². The molecule has 1 aromatic carbocycles. The van der Waals surface area contributed by atoms with Gasteiger partial charge < -0.3 is 10.6 Å². The van der Waals surface area contributed by atoms with E-state index in [1.165, 1.54) is 17.4 Å². The fraction of sp³-hybridized carbons (Fsp3) is 0.333. The van der Waals surface area contributed by atoms with Crippen molar-refractivity contribution in [3.05, 3.63) is 52.0 Å². The van der Waals surface area contributed by atoms with Gasteiger partial charge in [-0.2, -0.15) is 0 Å². The number of amides is 2. The average Bonchev–Trinajstić information content (AvgIpc) is 3.02. The highest BCUT2D eigenvalue weighted by molar-refractivity contribution is 7.09. The molecule has 4 nitrogen and oxygen atoms in total. The molecule has 0 fully saturated rings. The summed E-state index contributed by atoms with van der Waals surface area (Å²) in [6.45, 7) is 4.12. The number of carbonyl (C=O) groups is 1. The summed E-state index contributed by atoms with van der Waals surface area (Å²) in [5.74, 6) is -1.72. The number of nitrogens with one attached hydrogen (secondary N) is 2. The van der Waals surface area contributed by atoms with E-state index in [4.69, 9.17) is 0 Å². The van der Waals surface area contributed by atoms with Crippen LogP contribution in [-0.2, 0) is 0 Å². The highest BCUT2D eigenvalue weighted by atomic mass is 32.1. The standard InChI is InChI=1S/C15H17F2N3OS/c1-9(14-18-5-6-22-14)8-19-15(21)20-10(2)11-3-4-12(16)13(17)7-11/h3-7,9-10H,8H2,1-2H3,(H2,19,20,21)/t9-,10-/m0/s1. The van der Waals surface area contributed by atoms with Crippen LogP contribution in [-0.4, -0.2) is 17.6 Å². The summed E-state index contributed by atoms with van der Waals surface area (Å²) in [6, 6.07) is 2.79. The van der Waals surface area contributed by atoms with Crippen molar-refractivity contribution in [2.75, 3.05) is 6.54 Å². The molecule has 0 aliphatic rings. The Morgan fingerprint density at radius 3 is 2.73 bits per heavy atom. The monoisotopic (exact) mass is 325 g/mol. The van der Waals surface area contributed by atoms with Gasteiger partial charge in [0.25, 0.3) is 0 Å². The number of halogens is 2. The van der Waals surface area contributed by atoms with Crippen LogP contribution in [0.4, 0.5) is 13.6 Å². The van der Waals surface area contributed by atoms with E-state index in [0.29, 0.717) is 12.1 Å². The van der Waals surface area contributed by atoms with Crippen molar-refractivity contribution in [3.63, 3.8) is 0 Å². The molecule has 0 saturated carbocycles. The predicted octanol–water partition coefficient (Wildman–Crippen LogP) is 3.59. The third-order valence-corrected chi connectivity index (χ3v) is 4.24. The summed E-state index contributed by atoms with van der Waals surface area (Å²) in [5, 5.41) is 8.27. The van der Waals surface area contributed by atoms with Crippen molar-refractivity contribution in [2.45, 2.75) is 25.8 Å². The number of nitrogens with zero attached hydrogens (tertiary/aromatic N) is 1. The van der Waals surface area contributed by atoms with E-state index < -0.39 is 17.7 Å². The van der Waals surface area contributed by atoms with Crippen molar-refractivity contribution in [1.82, 2.24) is 15.6 Å². The fourth-order valence-corrected chi connectivity index (χ4v) is 2.62. The Morgan fingerprint density at radius 2 is 2.09 bits per heavy atom. The maximum absolute atomic E-state index is 13.2. The minimum atomic E-state index is -0.927. The SMILES string of the molecule is C[C@H](NC(=O)NC[C@H](C)c1nccs1)c1ccc(F)c(F)c1. The first kappa shape index (κ1) is 16.4. The summed E-state index contributed by atoms with van der Waals surface area (Å²) in [5.41, 5.74) is 0.502. The van der Waals surface area contributed by atoms with Crippen LogP contribution in [0.2, 0.25) is 0 Å². The number of hydrogen-bond donors (Lipinski definition) is 2. The quantitative estimate of drug-likeness (QED) is 0.883. The minimum absolute atomic E-state index is 0.115. The zero-order valence-electron chi connectivity index (χ0n) is 12.3. The summed E-state index contributed by atoms with van der Waals surface area (Å²) in [7, 11) is 0. The van der Waals surface area contributed by atoms with Crippen molar-refractivity contribution in [2.24, 2.45) is 0 Å². The second-order valence-electron chi connectivity index (χ2n) is 5.02. The van der Waals surface area contributed by atoms with Gasteiger partial charge in [-0.15, -0.1) is 11.3 Å². The third kappa shape index (κ3) is 4.24. The van der Waals surface area contributed by atoms with E-state index in [1.54, 1.807) is 13.1 Å². The number of carbonyl (C=O) groups excluding carboxylic acids is 1. The predicted molar refractivity (Wildman–Crippen MR) is 81.8 cm³/mol. The van der Waals surface area contributed by atoms with Crippen LogP contribution in [0.25, 0.3) is 0 Å². The highest BCUT2D eigenvalue weighted by Gasteiger charge is 2.13. The smallest absolute Gasteiger partial charge is 0.315 e. The molecule has 1 aromatic heterocycles. The summed E-state index contributed by atoms with van der Waals surface area (Å²) in [4.78, 5) is 16.0. The van der Waals surface area contributed by atoms with Gasteiger partial charge in [-0.25, -0.2) is 18.6 Å². The number of hydrogen-bond acceptors (Lipinski definition) is 3. The van der Waals surface area contributed by atoms with Crippen LogP contribution in [0.1, 0.15) is 36.4 Å². The largest absolute Gasteiger partial charge is 0.337 e. The van der Waals surface area contributed by atoms with Gasteiger partial charge in [0, 0.05) is 24.0 Å². The Balaban J connectivity index is 1.84. The van der Waals surface area contributed by atoms with Gasteiger partial charge >= 0.3 is 6.03 Å².